The van der Waals surface area contributed by atoms with Crippen LogP contribution in [0.1, 0.15) is 20.7 Å². The van der Waals surface area contributed by atoms with E-state index in [0.717, 1.165) is 16.3 Å². The van der Waals surface area contributed by atoms with Crippen LogP contribution in [0.5, 0.6) is 0 Å². The Labute approximate surface area is 100 Å². The first-order chi connectivity index (χ1) is 7.11. The number of benzene rings is 1. The van der Waals surface area contributed by atoms with E-state index in [1.54, 1.807) is 24.3 Å². The number of halogens is 2. The Hall–Kier alpha value is -0.710. The zero-order valence-corrected chi connectivity index (χ0v) is 9.64. The molecule has 6 heteroatoms. The Bertz CT molecular complexity index is 401. The number of rotatable bonds is 2. The lowest BCUT2D eigenvalue weighted by Gasteiger charge is -2.11. The highest BCUT2D eigenvalue weighted by atomic mass is 35.5. The van der Waals surface area contributed by atoms with Crippen molar-refractivity contribution < 1.29 is 9.59 Å². The van der Waals surface area contributed by atoms with Crippen LogP contribution < -0.4 is 0 Å². The molecule has 0 unspecified atom stereocenters. The van der Waals surface area contributed by atoms with Gasteiger partial charge < -0.3 is 0 Å². The van der Waals surface area contributed by atoms with Gasteiger partial charge in [-0.05, 0) is 24.1 Å². The number of hydrogen-bond donors (Lipinski definition) is 0. The SMILES string of the molecule is O=C1c2ccccc2C(=O)N1SC(Cl)Cl. The first-order valence-corrected chi connectivity index (χ1v) is 5.75. The maximum Gasteiger partial charge on any atom is 0.271 e. The Kier molecular flexibility index (Phi) is 2.91. The number of carbonyl (C=O) groups is 2. The van der Waals surface area contributed by atoms with E-state index in [0.29, 0.717) is 11.1 Å². The number of fused-ring (bicyclic) bond motifs is 1. The molecule has 1 aromatic carbocycles. The van der Waals surface area contributed by atoms with Crippen molar-refractivity contribution in [3.63, 3.8) is 0 Å². The predicted octanol–water partition coefficient (Wildman–Crippen LogP) is 2.69. The van der Waals surface area contributed by atoms with Crippen molar-refractivity contribution in [3.05, 3.63) is 35.4 Å². The lowest BCUT2D eigenvalue weighted by Crippen LogP contribution is -2.23. The molecule has 1 aliphatic rings. The van der Waals surface area contributed by atoms with Gasteiger partial charge in [0, 0.05) is 0 Å². The van der Waals surface area contributed by atoms with Gasteiger partial charge in [0.2, 0.25) is 0 Å². The first-order valence-electron chi connectivity index (χ1n) is 4.04. The molecule has 0 N–H and O–H groups in total. The molecule has 78 valence electrons. The minimum absolute atomic E-state index is 0.369. The third-order valence-corrected chi connectivity index (χ3v) is 3.12. The van der Waals surface area contributed by atoms with Crippen molar-refractivity contribution in [2.24, 2.45) is 0 Å². The van der Waals surface area contributed by atoms with Gasteiger partial charge in [-0.3, -0.25) is 9.59 Å². The second-order valence-electron chi connectivity index (χ2n) is 2.82. The third-order valence-electron chi connectivity index (χ3n) is 1.94. The number of hydrogen-bond acceptors (Lipinski definition) is 3. The van der Waals surface area contributed by atoms with E-state index in [2.05, 4.69) is 0 Å². The number of amides is 2. The van der Waals surface area contributed by atoms with Gasteiger partial charge in [-0.1, -0.05) is 35.3 Å². The van der Waals surface area contributed by atoms with E-state index >= 15 is 0 Å². The average Bonchev–Trinajstić information content (AvgIpc) is 2.44. The van der Waals surface area contributed by atoms with Crippen LogP contribution in [-0.2, 0) is 0 Å². The minimum Gasteiger partial charge on any atom is -0.268 e. The maximum absolute atomic E-state index is 11.7. The van der Waals surface area contributed by atoms with Crippen molar-refractivity contribution >= 4 is 47.0 Å². The maximum atomic E-state index is 11.7. The molecule has 2 rings (SSSR count). The summed E-state index contributed by atoms with van der Waals surface area (Å²) in [6.07, 6.45) is 0. The second-order valence-corrected chi connectivity index (χ2v) is 5.48. The summed E-state index contributed by atoms with van der Waals surface area (Å²) in [5, 5.41) is 0. The summed E-state index contributed by atoms with van der Waals surface area (Å²) in [5.41, 5.74) is 0.785. The van der Waals surface area contributed by atoms with Crippen LogP contribution in [0.15, 0.2) is 24.3 Å². The molecule has 0 atom stereocenters. The third kappa shape index (κ3) is 1.85. The van der Waals surface area contributed by atoms with E-state index in [1.165, 1.54) is 0 Å². The fourth-order valence-electron chi connectivity index (χ4n) is 1.34. The normalized spacial score (nSPS) is 15.0. The van der Waals surface area contributed by atoms with Crippen LogP contribution in [0.3, 0.4) is 0 Å². The van der Waals surface area contributed by atoms with E-state index in [1.807, 2.05) is 0 Å². The predicted molar refractivity (Wildman–Crippen MR) is 60.0 cm³/mol. The van der Waals surface area contributed by atoms with Gasteiger partial charge in [-0.25, -0.2) is 4.31 Å². The van der Waals surface area contributed by atoms with Gasteiger partial charge in [0.05, 0.1) is 11.1 Å². The molecule has 0 fully saturated rings. The zero-order chi connectivity index (χ0) is 11.0. The van der Waals surface area contributed by atoms with Gasteiger partial charge in [0.15, 0.2) is 4.17 Å². The summed E-state index contributed by atoms with van der Waals surface area (Å²) in [6.45, 7) is 0. The smallest absolute Gasteiger partial charge is 0.268 e. The molecule has 1 heterocycles. The van der Waals surface area contributed by atoms with Crippen molar-refractivity contribution in [2.45, 2.75) is 4.17 Å². The standard InChI is InChI=1S/C9H5Cl2NO2S/c10-9(11)15-12-7(13)5-3-1-2-4-6(5)8(12)14/h1-4,9H. The van der Waals surface area contributed by atoms with Gasteiger partial charge in [0.1, 0.15) is 0 Å². The van der Waals surface area contributed by atoms with Crippen LogP contribution in [-0.4, -0.2) is 20.3 Å². The van der Waals surface area contributed by atoms with Crippen LogP contribution >= 0.6 is 35.1 Å². The van der Waals surface area contributed by atoms with Crippen LogP contribution in [0, 0.1) is 0 Å². The van der Waals surface area contributed by atoms with Gasteiger partial charge in [-0.15, -0.1) is 0 Å². The number of imide groups is 1. The molecule has 1 aromatic rings. The summed E-state index contributed by atoms with van der Waals surface area (Å²) in [4.78, 5) is 23.4. The van der Waals surface area contributed by atoms with E-state index in [9.17, 15) is 9.59 Å². The highest BCUT2D eigenvalue weighted by Crippen LogP contribution is 2.32. The number of carbonyl (C=O) groups excluding carboxylic acids is 2. The van der Waals surface area contributed by atoms with Crippen molar-refractivity contribution in [1.82, 2.24) is 4.31 Å². The Balaban J connectivity index is 2.37. The van der Waals surface area contributed by atoms with Crippen molar-refractivity contribution in [3.8, 4) is 0 Å². The quantitative estimate of drug-likeness (QED) is 0.467. The molecule has 0 aliphatic carbocycles. The molecule has 1 aliphatic heterocycles. The summed E-state index contributed by atoms with van der Waals surface area (Å²) in [7, 11) is 0. The Morgan fingerprint density at radius 2 is 1.53 bits per heavy atom. The Morgan fingerprint density at radius 3 is 1.93 bits per heavy atom. The fraction of sp³-hybridized carbons (Fsp3) is 0.111. The largest absolute Gasteiger partial charge is 0.271 e. The number of nitrogens with zero attached hydrogens (tertiary/aromatic N) is 1. The minimum atomic E-state index is -0.841. The molecule has 15 heavy (non-hydrogen) atoms. The van der Waals surface area contributed by atoms with Crippen molar-refractivity contribution in [2.75, 3.05) is 0 Å². The monoisotopic (exact) mass is 261 g/mol. The molecule has 0 saturated carbocycles. The van der Waals surface area contributed by atoms with Gasteiger partial charge in [0.25, 0.3) is 11.8 Å². The lowest BCUT2D eigenvalue weighted by atomic mass is 10.1. The first kappa shape index (κ1) is 10.8. The highest BCUT2D eigenvalue weighted by Gasteiger charge is 2.36. The fourth-order valence-corrected chi connectivity index (χ4v) is 2.37. The van der Waals surface area contributed by atoms with Gasteiger partial charge in [-0.2, -0.15) is 0 Å². The summed E-state index contributed by atoms with van der Waals surface area (Å²) < 4.78 is 0.141. The van der Waals surface area contributed by atoms with Crippen LogP contribution in [0.4, 0.5) is 0 Å². The molecule has 0 bridgehead atoms. The van der Waals surface area contributed by atoms with Crippen molar-refractivity contribution in [1.29, 1.82) is 0 Å². The molecular formula is C9H5Cl2NO2S. The van der Waals surface area contributed by atoms with Gasteiger partial charge >= 0.3 is 0 Å². The molecule has 0 saturated heterocycles. The highest BCUT2D eigenvalue weighted by molar-refractivity contribution is 8.01. The number of alkyl halides is 2. The molecule has 3 nitrogen and oxygen atoms in total. The molecular weight excluding hydrogens is 257 g/mol. The van der Waals surface area contributed by atoms with E-state index in [4.69, 9.17) is 23.2 Å². The van der Waals surface area contributed by atoms with E-state index in [-0.39, 0.29) is 11.8 Å². The lowest BCUT2D eigenvalue weighted by molar-refractivity contribution is 0.0777. The summed E-state index contributed by atoms with van der Waals surface area (Å²) in [6, 6.07) is 6.62. The van der Waals surface area contributed by atoms with E-state index < -0.39 is 4.17 Å². The Morgan fingerprint density at radius 1 is 1.07 bits per heavy atom. The molecule has 0 aromatic heterocycles. The molecule has 2 amide bonds. The summed E-state index contributed by atoms with van der Waals surface area (Å²) >= 11 is 11.8. The molecule has 0 radical (unpaired) electrons. The zero-order valence-electron chi connectivity index (χ0n) is 7.31. The molecule has 0 spiro atoms. The second kappa shape index (κ2) is 4.04. The van der Waals surface area contributed by atoms with Crippen LogP contribution in [0.2, 0.25) is 0 Å². The van der Waals surface area contributed by atoms with Crippen LogP contribution in [0.25, 0.3) is 0 Å². The topological polar surface area (TPSA) is 37.4 Å². The average molecular weight is 262 g/mol. The summed E-state index contributed by atoms with van der Waals surface area (Å²) in [5.74, 6) is -0.737.